The number of morpholine rings is 1. The molecular formula is C11H22N2O3S. The van der Waals surface area contributed by atoms with E-state index in [1.54, 1.807) is 4.31 Å². The minimum absolute atomic E-state index is 0.0649. The van der Waals surface area contributed by atoms with E-state index in [0.717, 1.165) is 25.8 Å². The van der Waals surface area contributed by atoms with Crippen molar-refractivity contribution in [2.75, 3.05) is 32.8 Å². The van der Waals surface area contributed by atoms with Crippen LogP contribution in [-0.2, 0) is 14.8 Å². The van der Waals surface area contributed by atoms with Crippen molar-refractivity contribution in [2.24, 2.45) is 0 Å². The van der Waals surface area contributed by atoms with Crippen LogP contribution in [0.4, 0.5) is 0 Å². The van der Waals surface area contributed by atoms with Gasteiger partial charge in [0.2, 0.25) is 10.0 Å². The summed E-state index contributed by atoms with van der Waals surface area (Å²) >= 11 is 0. The first-order valence-corrected chi connectivity index (χ1v) is 7.96. The van der Waals surface area contributed by atoms with E-state index in [4.69, 9.17) is 4.74 Å². The molecule has 0 spiro atoms. The number of sulfonamides is 1. The standard InChI is InChI=1S/C11H22N2O3S/c1-2-10-9-13(6-7-16-10)17(14,15)11-4-3-5-12-8-11/h10-12H,2-9H2,1H3. The van der Waals surface area contributed by atoms with Crippen molar-refractivity contribution < 1.29 is 13.2 Å². The fourth-order valence-corrected chi connectivity index (χ4v) is 4.37. The molecule has 2 unspecified atom stereocenters. The third kappa shape index (κ3) is 2.99. The van der Waals surface area contributed by atoms with Crippen LogP contribution in [0, 0.1) is 0 Å². The van der Waals surface area contributed by atoms with Gasteiger partial charge in [0.1, 0.15) is 0 Å². The molecular weight excluding hydrogens is 240 g/mol. The lowest BCUT2D eigenvalue weighted by molar-refractivity contribution is -0.00312. The molecule has 0 aliphatic carbocycles. The highest BCUT2D eigenvalue weighted by Gasteiger charge is 2.35. The van der Waals surface area contributed by atoms with Crippen LogP contribution in [0.5, 0.6) is 0 Å². The first kappa shape index (κ1) is 13.3. The molecule has 0 aromatic rings. The molecule has 2 rings (SSSR count). The maximum absolute atomic E-state index is 12.4. The molecule has 0 amide bonds. The molecule has 2 heterocycles. The van der Waals surface area contributed by atoms with Crippen molar-refractivity contribution in [3.63, 3.8) is 0 Å². The average Bonchev–Trinajstić information content (AvgIpc) is 2.40. The Morgan fingerprint density at radius 1 is 1.47 bits per heavy atom. The van der Waals surface area contributed by atoms with E-state index in [1.165, 1.54) is 0 Å². The van der Waals surface area contributed by atoms with Gasteiger partial charge >= 0.3 is 0 Å². The highest BCUT2D eigenvalue weighted by Crippen LogP contribution is 2.19. The van der Waals surface area contributed by atoms with Crippen LogP contribution in [0.2, 0.25) is 0 Å². The van der Waals surface area contributed by atoms with Gasteiger partial charge in [0, 0.05) is 19.6 Å². The zero-order chi connectivity index (χ0) is 12.3. The number of rotatable bonds is 3. The highest BCUT2D eigenvalue weighted by atomic mass is 32.2. The molecule has 5 nitrogen and oxygen atoms in total. The van der Waals surface area contributed by atoms with Gasteiger partial charge in [-0.1, -0.05) is 6.92 Å². The van der Waals surface area contributed by atoms with E-state index < -0.39 is 10.0 Å². The Hall–Kier alpha value is -0.170. The van der Waals surface area contributed by atoms with Gasteiger partial charge in [0.15, 0.2) is 0 Å². The van der Waals surface area contributed by atoms with Crippen LogP contribution in [-0.4, -0.2) is 56.9 Å². The molecule has 100 valence electrons. The van der Waals surface area contributed by atoms with Gasteiger partial charge in [-0.2, -0.15) is 4.31 Å². The highest BCUT2D eigenvalue weighted by molar-refractivity contribution is 7.89. The monoisotopic (exact) mass is 262 g/mol. The van der Waals surface area contributed by atoms with E-state index in [0.29, 0.717) is 26.2 Å². The van der Waals surface area contributed by atoms with Crippen molar-refractivity contribution in [1.29, 1.82) is 0 Å². The fourth-order valence-electron chi connectivity index (χ4n) is 2.46. The van der Waals surface area contributed by atoms with Gasteiger partial charge in [0.05, 0.1) is 18.0 Å². The SMILES string of the molecule is CCC1CN(S(=O)(=O)C2CCCNC2)CCO1. The predicted octanol–water partition coefficient (Wildman–Crippen LogP) is 0.179. The molecule has 1 N–H and O–H groups in total. The Kier molecular flexibility index (Phi) is 4.41. The Bertz CT molecular complexity index is 339. The number of ether oxygens (including phenoxy) is 1. The lowest BCUT2D eigenvalue weighted by atomic mass is 10.2. The average molecular weight is 262 g/mol. The third-order valence-corrected chi connectivity index (χ3v) is 5.89. The number of hydrogen-bond donors (Lipinski definition) is 1. The molecule has 2 saturated heterocycles. The normalized spacial score (nSPS) is 32.5. The number of nitrogens with zero attached hydrogens (tertiary/aromatic N) is 1. The van der Waals surface area contributed by atoms with E-state index in [-0.39, 0.29) is 11.4 Å². The molecule has 2 aliphatic rings. The number of nitrogens with one attached hydrogen (secondary N) is 1. The van der Waals surface area contributed by atoms with Gasteiger partial charge in [-0.3, -0.25) is 0 Å². The number of piperidine rings is 1. The molecule has 0 saturated carbocycles. The maximum atomic E-state index is 12.4. The van der Waals surface area contributed by atoms with Gasteiger partial charge in [0.25, 0.3) is 0 Å². The molecule has 6 heteroatoms. The van der Waals surface area contributed by atoms with E-state index >= 15 is 0 Å². The molecule has 2 aliphatic heterocycles. The summed E-state index contributed by atoms with van der Waals surface area (Å²) in [5.41, 5.74) is 0. The van der Waals surface area contributed by atoms with Gasteiger partial charge in [-0.05, 0) is 25.8 Å². The summed E-state index contributed by atoms with van der Waals surface area (Å²) in [6.45, 7) is 5.12. The number of hydrogen-bond acceptors (Lipinski definition) is 4. The smallest absolute Gasteiger partial charge is 0.218 e. The maximum Gasteiger partial charge on any atom is 0.218 e. The van der Waals surface area contributed by atoms with Crippen LogP contribution in [0.15, 0.2) is 0 Å². The van der Waals surface area contributed by atoms with Crippen LogP contribution < -0.4 is 5.32 Å². The topological polar surface area (TPSA) is 58.6 Å². The van der Waals surface area contributed by atoms with E-state index in [9.17, 15) is 8.42 Å². The van der Waals surface area contributed by atoms with Gasteiger partial charge < -0.3 is 10.1 Å². The van der Waals surface area contributed by atoms with Crippen LogP contribution in [0.25, 0.3) is 0 Å². The first-order chi connectivity index (χ1) is 8.14. The minimum atomic E-state index is -3.14. The summed E-state index contributed by atoms with van der Waals surface area (Å²) in [6.07, 6.45) is 2.67. The zero-order valence-corrected chi connectivity index (χ0v) is 11.2. The lowest BCUT2D eigenvalue weighted by Crippen LogP contribution is -2.51. The summed E-state index contributed by atoms with van der Waals surface area (Å²) in [5.74, 6) is 0. The Labute approximate surface area is 104 Å². The van der Waals surface area contributed by atoms with Crippen LogP contribution in [0.1, 0.15) is 26.2 Å². The molecule has 0 aromatic heterocycles. The largest absolute Gasteiger partial charge is 0.375 e. The van der Waals surface area contributed by atoms with Crippen molar-refractivity contribution in [3.8, 4) is 0 Å². The second-order valence-electron chi connectivity index (χ2n) is 4.77. The molecule has 2 fully saturated rings. The van der Waals surface area contributed by atoms with E-state index in [1.807, 2.05) is 6.92 Å². The minimum Gasteiger partial charge on any atom is -0.375 e. The lowest BCUT2D eigenvalue weighted by Gasteiger charge is -2.35. The van der Waals surface area contributed by atoms with Crippen molar-refractivity contribution in [2.45, 2.75) is 37.5 Å². The van der Waals surface area contributed by atoms with E-state index in [2.05, 4.69) is 5.32 Å². The quantitative estimate of drug-likeness (QED) is 0.788. The Balaban J connectivity index is 2.03. The van der Waals surface area contributed by atoms with Crippen molar-refractivity contribution >= 4 is 10.0 Å². The molecule has 0 bridgehead atoms. The third-order valence-electron chi connectivity index (χ3n) is 3.59. The molecule has 0 aromatic carbocycles. The summed E-state index contributed by atoms with van der Waals surface area (Å²) < 4.78 is 32.0. The summed E-state index contributed by atoms with van der Waals surface area (Å²) in [5, 5.41) is 2.92. The van der Waals surface area contributed by atoms with Crippen LogP contribution >= 0.6 is 0 Å². The fraction of sp³-hybridized carbons (Fsp3) is 1.00. The predicted molar refractivity (Wildman–Crippen MR) is 66.4 cm³/mol. The van der Waals surface area contributed by atoms with Crippen LogP contribution in [0.3, 0.4) is 0 Å². The second-order valence-corrected chi connectivity index (χ2v) is 6.99. The Morgan fingerprint density at radius 3 is 2.94 bits per heavy atom. The molecule has 0 radical (unpaired) electrons. The van der Waals surface area contributed by atoms with Crippen molar-refractivity contribution in [1.82, 2.24) is 9.62 Å². The Morgan fingerprint density at radius 2 is 2.29 bits per heavy atom. The molecule has 2 atom stereocenters. The first-order valence-electron chi connectivity index (χ1n) is 6.46. The molecule has 17 heavy (non-hydrogen) atoms. The summed E-state index contributed by atoms with van der Waals surface area (Å²) in [6, 6.07) is 0. The summed E-state index contributed by atoms with van der Waals surface area (Å²) in [7, 11) is -3.14. The summed E-state index contributed by atoms with van der Waals surface area (Å²) in [4.78, 5) is 0. The van der Waals surface area contributed by atoms with Crippen molar-refractivity contribution in [3.05, 3.63) is 0 Å². The van der Waals surface area contributed by atoms with Gasteiger partial charge in [-0.15, -0.1) is 0 Å². The second kappa shape index (κ2) is 5.65. The zero-order valence-electron chi connectivity index (χ0n) is 10.4. The van der Waals surface area contributed by atoms with Gasteiger partial charge in [-0.25, -0.2) is 8.42 Å².